The Morgan fingerprint density at radius 2 is 1.90 bits per heavy atom. The molecule has 0 saturated carbocycles. The molecule has 1 aromatic rings. The Hall–Kier alpha value is -1.64. The van der Waals surface area contributed by atoms with Crippen molar-refractivity contribution in [2.45, 2.75) is 6.42 Å². The maximum Gasteiger partial charge on any atom is 0.335 e. The Bertz CT molecular complexity index is 667. The van der Waals surface area contributed by atoms with E-state index in [9.17, 15) is 13.2 Å². The van der Waals surface area contributed by atoms with E-state index in [-0.39, 0.29) is 5.56 Å². The number of aromatic carboxylic acids is 1. The van der Waals surface area contributed by atoms with Gasteiger partial charge in [0, 0.05) is 19.6 Å². The van der Waals surface area contributed by atoms with Crippen LogP contribution in [-0.4, -0.2) is 56.6 Å². The van der Waals surface area contributed by atoms with Crippen LogP contribution in [0, 0.1) is 0 Å². The van der Waals surface area contributed by atoms with Crippen LogP contribution >= 0.6 is 0 Å². The van der Waals surface area contributed by atoms with Gasteiger partial charge in [0.2, 0.25) is 0 Å². The molecule has 0 unspecified atom stereocenters. The van der Waals surface area contributed by atoms with E-state index in [4.69, 9.17) is 9.84 Å². The highest BCUT2D eigenvalue weighted by Crippen LogP contribution is 2.32. The summed E-state index contributed by atoms with van der Waals surface area (Å²) < 4.78 is 33.2. The van der Waals surface area contributed by atoms with Crippen molar-refractivity contribution in [1.29, 1.82) is 0 Å². The molecule has 0 amide bonds. The topological polar surface area (TPSA) is 87.2 Å². The van der Waals surface area contributed by atoms with Gasteiger partial charge in [0.05, 0.1) is 24.5 Å². The van der Waals surface area contributed by atoms with Gasteiger partial charge in [0.25, 0.3) is 0 Å². The van der Waals surface area contributed by atoms with Crippen molar-refractivity contribution < 1.29 is 23.1 Å². The third-order valence-electron chi connectivity index (χ3n) is 3.76. The minimum atomic E-state index is -3.62. The summed E-state index contributed by atoms with van der Waals surface area (Å²) in [5.41, 5.74) is 1.43. The fourth-order valence-corrected chi connectivity index (χ4v) is 4.27. The molecule has 2 aliphatic heterocycles. The first-order chi connectivity index (χ1) is 10.00. The average Bonchev–Trinajstić information content (AvgIpc) is 2.91. The van der Waals surface area contributed by atoms with E-state index in [1.807, 2.05) is 0 Å². The van der Waals surface area contributed by atoms with Gasteiger partial charge in [-0.3, -0.25) is 4.31 Å². The SMILES string of the molecule is O=C(O)c1ccc2c(c1)N(S(=O)(=O)N1CCOCC1)CC2. The van der Waals surface area contributed by atoms with Crippen molar-refractivity contribution >= 4 is 21.9 Å². The number of hydrogen-bond donors (Lipinski definition) is 1. The number of hydrogen-bond acceptors (Lipinski definition) is 4. The van der Waals surface area contributed by atoms with Crippen LogP contribution in [0.5, 0.6) is 0 Å². The Labute approximate surface area is 122 Å². The van der Waals surface area contributed by atoms with E-state index in [1.54, 1.807) is 6.07 Å². The van der Waals surface area contributed by atoms with E-state index in [2.05, 4.69) is 0 Å². The second kappa shape index (κ2) is 5.28. The van der Waals surface area contributed by atoms with Gasteiger partial charge in [0.1, 0.15) is 0 Å². The minimum absolute atomic E-state index is 0.0952. The van der Waals surface area contributed by atoms with Gasteiger partial charge < -0.3 is 9.84 Å². The number of carboxylic acid groups (broad SMARTS) is 1. The molecule has 0 aliphatic carbocycles. The Morgan fingerprint density at radius 1 is 1.19 bits per heavy atom. The predicted octanol–water partition coefficient (Wildman–Crippen LogP) is 0.324. The highest BCUT2D eigenvalue weighted by Gasteiger charge is 2.35. The monoisotopic (exact) mass is 312 g/mol. The van der Waals surface area contributed by atoms with Crippen molar-refractivity contribution in [2.75, 3.05) is 37.2 Å². The van der Waals surface area contributed by atoms with E-state index < -0.39 is 16.2 Å². The van der Waals surface area contributed by atoms with Crippen LogP contribution in [0.3, 0.4) is 0 Å². The zero-order valence-electron chi connectivity index (χ0n) is 11.4. The van der Waals surface area contributed by atoms with Gasteiger partial charge in [-0.05, 0) is 24.1 Å². The molecule has 0 radical (unpaired) electrons. The van der Waals surface area contributed by atoms with Crippen molar-refractivity contribution in [3.63, 3.8) is 0 Å². The molecule has 0 spiro atoms. The lowest BCUT2D eigenvalue weighted by Crippen LogP contribution is -2.48. The van der Waals surface area contributed by atoms with Crippen molar-refractivity contribution in [2.24, 2.45) is 0 Å². The summed E-state index contributed by atoms with van der Waals surface area (Å²) in [7, 11) is -3.62. The maximum absolute atomic E-state index is 12.7. The van der Waals surface area contributed by atoms with Crippen LogP contribution < -0.4 is 4.31 Å². The second-order valence-corrected chi connectivity index (χ2v) is 6.84. The van der Waals surface area contributed by atoms with Crippen LogP contribution in [0.4, 0.5) is 5.69 Å². The fraction of sp³-hybridized carbons (Fsp3) is 0.462. The molecular weight excluding hydrogens is 296 g/mol. The lowest BCUT2D eigenvalue weighted by Gasteiger charge is -2.31. The molecule has 7 nitrogen and oxygen atoms in total. The van der Waals surface area contributed by atoms with Gasteiger partial charge in [-0.1, -0.05) is 6.07 Å². The summed E-state index contributed by atoms with van der Waals surface area (Å²) >= 11 is 0. The van der Waals surface area contributed by atoms with Crippen LogP contribution in [0.25, 0.3) is 0 Å². The zero-order valence-corrected chi connectivity index (χ0v) is 12.2. The third kappa shape index (κ3) is 2.50. The zero-order chi connectivity index (χ0) is 15.0. The second-order valence-electron chi connectivity index (χ2n) is 4.99. The van der Waals surface area contributed by atoms with E-state index >= 15 is 0 Å². The number of carbonyl (C=O) groups is 1. The first-order valence-corrected chi connectivity index (χ1v) is 8.11. The number of rotatable bonds is 3. The lowest BCUT2D eigenvalue weighted by atomic mass is 10.1. The van der Waals surface area contributed by atoms with Crippen LogP contribution in [0.15, 0.2) is 18.2 Å². The summed E-state index contributed by atoms with van der Waals surface area (Å²) in [6.45, 7) is 1.77. The largest absolute Gasteiger partial charge is 0.478 e. The molecule has 1 aromatic carbocycles. The summed E-state index contributed by atoms with van der Waals surface area (Å²) in [5, 5.41) is 9.06. The molecule has 2 aliphatic rings. The molecule has 1 fully saturated rings. The number of ether oxygens (including phenoxy) is 1. The van der Waals surface area contributed by atoms with E-state index in [0.29, 0.717) is 45.0 Å². The number of carboxylic acids is 1. The lowest BCUT2D eigenvalue weighted by molar-refractivity contribution is 0.0697. The van der Waals surface area contributed by atoms with Gasteiger partial charge in [-0.25, -0.2) is 4.79 Å². The van der Waals surface area contributed by atoms with Crippen molar-refractivity contribution in [3.8, 4) is 0 Å². The smallest absolute Gasteiger partial charge is 0.335 e. The minimum Gasteiger partial charge on any atom is -0.478 e. The number of benzene rings is 1. The van der Waals surface area contributed by atoms with Crippen molar-refractivity contribution in [1.82, 2.24) is 4.31 Å². The molecule has 8 heteroatoms. The molecule has 2 heterocycles. The maximum atomic E-state index is 12.7. The van der Waals surface area contributed by atoms with Gasteiger partial charge in [-0.15, -0.1) is 0 Å². The molecule has 0 atom stereocenters. The molecule has 114 valence electrons. The Kier molecular flexibility index (Phi) is 3.60. The first kappa shape index (κ1) is 14.3. The summed E-state index contributed by atoms with van der Waals surface area (Å²) in [5.74, 6) is -1.06. The Balaban J connectivity index is 1.95. The van der Waals surface area contributed by atoms with Gasteiger partial charge in [-0.2, -0.15) is 12.7 Å². The number of anilines is 1. The van der Waals surface area contributed by atoms with E-state index in [0.717, 1.165) is 5.56 Å². The molecule has 21 heavy (non-hydrogen) atoms. The molecule has 1 saturated heterocycles. The van der Waals surface area contributed by atoms with Crippen LogP contribution in [0.2, 0.25) is 0 Å². The van der Waals surface area contributed by atoms with E-state index in [1.165, 1.54) is 20.7 Å². The van der Waals surface area contributed by atoms with Crippen LogP contribution in [-0.2, 0) is 21.4 Å². The molecule has 1 N–H and O–H groups in total. The highest BCUT2D eigenvalue weighted by atomic mass is 32.2. The van der Waals surface area contributed by atoms with Gasteiger partial charge in [0.15, 0.2) is 0 Å². The summed E-state index contributed by atoms with van der Waals surface area (Å²) in [4.78, 5) is 11.1. The van der Waals surface area contributed by atoms with Crippen LogP contribution in [0.1, 0.15) is 15.9 Å². The summed E-state index contributed by atoms with van der Waals surface area (Å²) in [6.07, 6.45) is 0.596. The molecule has 0 bridgehead atoms. The summed E-state index contributed by atoms with van der Waals surface area (Å²) in [6, 6.07) is 4.63. The fourth-order valence-electron chi connectivity index (χ4n) is 2.64. The highest BCUT2D eigenvalue weighted by molar-refractivity contribution is 7.90. The third-order valence-corrected chi connectivity index (χ3v) is 5.71. The standard InChI is InChI=1S/C13H16N2O5S/c16-13(17)11-2-1-10-3-4-15(12(10)9-11)21(18,19)14-5-7-20-8-6-14/h1-2,9H,3-8H2,(H,16,17). The normalized spacial score (nSPS) is 19.5. The number of morpholine rings is 1. The predicted molar refractivity (Wildman–Crippen MR) is 75.8 cm³/mol. The molecule has 0 aromatic heterocycles. The average molecular weight is 312 g/mol. The number of nitrogens with zero attached hydrogens (tertiary/aromatic N) is 2. The van der Waals surface area contributed by atoms with Gasteiger partial charge >= 0.3 is 16.2 Å². The molecule has 3 rings (SSSR count). The number of fused-ring (bicyclic) bond motifs is 1. The first-order valence-electron chi connectivity index (χ1n) is 6.72. The quantitative estimate of drug-likeness (QED) is 0.869. The van der Waals surface area contributed by atoms with Crippen molar-refractivity contribution in [3.05, 3.63) is 29.3 Å². The Morgan fingerprint density at radius 3 is 2.57 bits per heavy atom. The molecular formula is C13H16N2O5S.